The molecule has 1 amide bonds. The molecule has 0 bridgehead atoms. The van der Waals surface area contributed by atoms with E-state index in [-0.39, 0.29) is 17.6 Å². The summed E-state index contributed by atoms with van der Waals surface area (Å²) in [6.45, 7) is 5.39. The molecule has 6 nitrogen and oxygen atoms in total. The third-order valence-corrected chi connectivity index (χ3v) is 5.15. The predicted octanol–water partition coefficient (Wildman–Crippen LogP) is 2.20. The van der Waals surface area contributed by atoms with Crippen molar-refractivity contribution in [1.82, 2.24) is 9.88 Å². The van der Waals surface area contributed by atoms with Crippen LogP contribution in [0, 0.1) is 0 Å². The van der Waals surface area contributed by atoms with Crippen LogP contribution < -0.4 is 0 Å². The maximum Gasteiger partial charge on any atom is 0.254 e. The van der Waals surface area contributed by atoms with E-state index in [9.17, 15) is 4.79 Å². The van der Waals surface area contributed by atoms with Crippen molar-refractivity contribution in [3.8, 4) is 0 Å². The summed E-state index contributed by atoms with van der Waals surface area (Å²) in [5.74, 6) is 0.0482. The zero-order valence-corrected chi connectivity index (χ0v) is 14.5. The van der Waals surface area contributed by atoms with Crippen molar-refractivity contribution in [1.29, 1.82) is 0 Å². The normalized spacial score (nSPS) is 26.6. The van der Waals surface area contributed by atoms with Crippen LogP contribution in [0.4, 0.5) is 0 Å². The average Bonchev–Trinajstić information content (AvgIpc) is 3.26. The van der Waals surface area contributed by atoms with Gasteiger partial charge in [-0.1, -0.05) is 0 Å². The Morgan fingerprint density at radius 1 is 1.40 bits per heavy atom. The number of aromatic nitrogens is 1. The monoisotopic (exact) mass is 344 g/mol. The Balaban J connectivity index is 1.57. The number of amides is 1. The molecular formula is C19H24N2O4. The lowest BCUT2D eigenvalue weighted by atomic mass is 9.92. The first-order valence-corrected chi connectivity index (χ1v) is 8.88. The SMILES string of the molecule is CCOCC1CC2(COCCN2C(=O)c2ccc3[nH]ccc3c2)CO1. The minimum atomic E-state index is -0.385. The van der Waals surface area contributed by atoms with Crippen molar-refractivity contribution in [2.75, 3.05) is 39.6 Å². The average molecular weight is 344 g/mol. The second-order valence-corrected chi connectivity index (χ2v) is 6.81. The van der Waals surface area contributed by atoms with E-state index in [1.165, 1.54) is 0 Å². The summed E-state index contributed by atoms with van der Waals surface area (Å²) in [6.07, 6.45) is 2.66. The molecule has 2 fully saturated rings. The Morgan fingerprint density at radius 2 is 2.32 bits per heavy atom. The number of carbonyl (C=O) groups is 1. The number of fused-ring (bicyclic) bond motifs is 1. The van der Waals surface area contributed by atoms with Crippen LogP contribution in [0.5, 0.6) is 0 Å². The van der Waals surface area contributed by atoms with Gasteiger partial charge in [-0.3, -0.25) is 4.79 Å². The Bertz CT molecular complexity index is 759. The van der Waals surface area contributed by atoms with Crippen LogP contribution in [-0.4, -0.2) is 67.0 Å². The van der Waals surface area contributed by atoms with Gasteiger partial charge in [0.1, 0.15) is 0 Å². The highest BCUT2D eigenvalue weighted by atomic mass is 16.5. The Kier molecular flexibility index (Phi) is 4.50. The van der Waals surface area contributed by atoms with Gasteiger partial charge >= 0.3 is 0 Å². The number of carbonyl (C=O) groups excluding carboxylic acids is 1. The summed E-state index contributed by atoms with van der Waals surface area (Å²) in [7, 11) is 0. The molecule has 1 aromatic heterocycles. The summed E-state index contributed by atoms with van der Waals surface area (Å²) < 4.78 is 17.1. The minimum Gasteiger partial charge on any atom is -0.379 e. The Hall–Kier alpha value is -1.89. The lowest BCUT2D eigenvalue weighted by Crippen LogP contribution is -2.59. The van der Waals surface area contributed by atoms with Gasteiger partial charge in [-0.2, -0.15) is 0 Å². The third kappa shape index (κ3) is 3.05. The van der Waals surface area contributed by atoms with E-state index < -0.39 is 0 Å². The van der Waals surface area contributed by atoms with Crippen LogP contribution in [0.2, 0.25) is 0 Å². The van der Waals surface area contributed by atoms with Crippen LogP contribution in [0.1, 0.15) is 23.7 Å². The zero-order chi connectivity index (χ0) is 17.3. The number of nitrogens with one attached hydrogen (secondary N) is 1. The zero-order valence-electron chi connectivity index (χ0n) is 14.5. The number of rotatable bonds is 4. The van der Waals surface area contributed by atoms with Crippen LogP contribution >= 0.6 is 0 Å². The summed E-state index contributed by atoms with van der Waals surface area (Å²) >= 11 is 0. The van der Waals surface area contributed by atoms with Crippen molar-refractivity contribution in [3.63, 3.8) is 0 Å². The molecule has 0 saturated carbocycles. The molecule has 2 saturated heterocycles. The van der Waals surface area contributed by atoms with E-state index in [0.29, 0.717) is 45.1 Å². The quantitative estimate of drug-likeness (QED) is 0.924. The molecule has 2 aliphatic rings. The Labute approximate surface area is 147 Å². The largest absolute Gasteiger partial charge is 0.379 e. The predicted molar refractivity (Wildman–Crippen MR) is 93.7 cm³/mol. The van der Waals surface area contributed by atoms with Gasteiger partial charge in [0.05, 0.1) is 38.1 Å². The lowest BCUT2D eigenvalue weighted by Gasteiger charge is -2.43. The number of aromatic amines is 1. The highest BCUT2D eigenvalue weighted by Crippen LogP contribution is 2.34. The Morgan fingerprint density at radius 3 is 3.20 bits per heavy atom. The maximum atomic E-state index is 13.2. The fraction of sp³-hybridized carbons (Fsp3) is 0.526. The smallest absolute Gasteiger partial charge is 0.254 e. The number of ether oxygens (including phenoxy) is 3. The summed E-state index contributed by atoms with van der Waals surface area (Å²) in [6, 6.07) is 7.78. The third-order valence-electron chi connectivity index (χ3n) is 5.15. The van der Waals surface area contributed by atoms with Gasteiger partial charge in [0.15, 0.2) is 0 Å². The highest BCUT2D eigenvalue weighted by Gasteiger charge is 2.49. The first-order chi connectivity index (χ1) is 12.2. The standard InChI is InChI=1S/C19H24N2O4/c1-2-23-11-16-10-19(13-25-16)12-24-8-7-21(19)18(22)15-3-4-17-14(9-15)5-6-20-17/h3-6,9,16,20H,2,7-8,10-13H2,1H3. The summed E-state index contributed by atoms with van der Waals surface area (Å²) in [4.78, 5) is 18.3. The molecule has 1 spiro atoms. The number of benzene rings is 1. The van der Waals surface area contributed by atoms with Gasteiger partial charge in [-0.25, -0.2) is 0 Å². The summed E-state index contributed by atoms with van der Waals surface area (Å²) in [5, 5.41) is 1.05. The molecule has 1 aromatic carbocycles. The fourth-order valence-corrected chi connectivity index (χ4v) is 3.85. The first-order valence-electron chi connectivity index (χ1n) is 8.88. The second kappa shape index (κ2) is 6.78. The second-order valence-electron chi connectivity index (χ2n) is 6.81. The fourth-order valence-electron chi connectivity index (χ4n) is 3.85. The van der Waals surface area contributed by atoms with Gasteiger partial charge in [0, 0.05) is 42.2 Å². The maximum absolute atomic E-state index is 13.2. The van der Waals surface area contributed by atoms with Crippen LogP contribution in [0.15, 0.2) is 30.5 Å². The molecule has 2 aromatic rings. The number of nitrogens with zero attached hydrogens (tertiary/aromatic N) is 1. The van der Waals surface area contributed by atoms with Crippen molar-refractivity contribution in [2.24, 2.45) is 0 Å². The van der Waals surface area contributed by atoms with E-state index >= 15 is 0 Å². The number of H-pyrrole nitrogens is 1. The van der Waals surface area contributed by atoms with Gasteiger partial charge in [0.25, 0.3) is 5.91 Å². The van der Waals surface area contributed by atoms with Crippen molar-refractivity contribution in [2.45, 2.75) is 25.0 Å². The molecule has 3 heterocycles. The topological polar surface area (TPSA) is 63.8 Å². The van der Waals surface area contributed by atoms with E-state index in [1.54, 1.807) is 0 Å². The number of morpholine rings is 1. The molecule has 0 radical (unpaired) electrons. The molecule has 2 atom stereocenters. The summed E-state index contributed by atoms with van der Waals surface area (Å²) in [5.41, 5.74) is 1.36. The van der Waals surface area contributed by atoms with Crippen molar-refractivity contribution >= 4 is 16.8 Å². The molecule has 2 aliphatic heterocycles. The molecule has 1 N–H and O–H groups in total. The van der Waals surface area contributed by atoms with Gasteiger partial charge in [-0.05, 0) is 31.2 Å². The molecular weight excluding hydrogens is 320 g/mol. The molecule has 6 heteroatoms. The highest BCUT2D eigenvalue weighted by molar-refractivity contribution is 5.98. The molecule has 2 unspecified atom stereocenters. The van der Waals surface area contributed by atoms with Crippen molar-refractivity contribution in [3.05, 3.63) is 36.0 Å². The van der Waals surface area contributed by atoms with Gasteiger partial charge < -0.3 is 24.1 Å². The minimum absolute atomic E-state index is 0.0177. The molecule has 4 rings (SSSR count). The van der Waals surface area contributed by atoms with Crippen LogP contribution in [-0.2, 0) is 14.2 Å². The van der Waals surface area contributed by atoms with Gasteiger partial charge in [0.2, 0.25) is 0 Å². The van der Waals surface area contributed by atoms with Crippen LogP contribution in [0.25, 0.3) is 10.9 Å². The van der Waals surface area contributed by atoms with E-state index in [4.69, 9.17) is 14.2 Å². The van der Waals surface area contributed by atoms with E-state index in [1.807, 2.05) is 42.3 Å². The van der Waals surface area contributed by atoms with Crippen LogP contribution in [0.3, 0.4) is 0 Å². The number of hydrogen-bond donors (Lipinski definition) is 1. The first kappa shape index (κ1) is 16.6. The van der Waals surface area contributed by atoms with Crippen molar-refractivity contribution < 1.29 is 19.0 Å². The van der Waals surface area contributed by atoms with Gasteiger partial charge in [-0.15, -0.1) is 0 Å². The lowest BCUT2D eigenvalue weighted by molar-refractivity contribution is -0.0559. The molecule has 134 valence electrons. The van der Waals surface area contributed by atoms with E-state index in [2.05, 4.69) is 4.98 Å². The number of hydrogen-bond acceptors (Lipinski definition) is 4. The molecule has 0 aliphatic carbocycles. The molecule has 25 heavy (non-hydrogen) atoms. The van der Waals surface area contributed by atoms with E-state index in [0.717, 1.165) is 17.3 Å².